The van der Waals surface area contributed by atoms with E-state index in [2.05, 4.69) is 40.3 Å². The molecule has 3 heteroatoms. The Morgan fingerprint density at radius 1 is 0.793 bits per heavy atom. The Balaban J connectivity index is 1.35. The van der Waals surface area contributed by atoms with Gasteiger partial charge in [-0.2, -0.15) is 0 Å². The summed E-state index contributed by atoms with van der Waals surface area (Å²) in [5, 5.41) is 1.06. The van der Waals surface area contributed by atoms with E-state index in [0.29, 0.717) is 0 Å². The third-order valence-corrected chi connectivity index (χ3v) is 7.93. The molecule has 0 spiro atoms. The lowest BCUT2D eigenvalue weighted by atomic mass is 9.51. The number of hydrogen-bond donors (Lipinski definition) is 0. The van der Waals surface area contributed by atoms with Crippen molar-refractivity contribution in [3.05, 3.63) is 60.4 Å². The number of para-hydroxylation sites is 1. The molecule has 4 fully saturated rings. The molecule has 0 aliphatic heterocycles. The first-order chi connectivity index (χ1) is 14.3. The summed E-state index contributed by atoms with van der Waals surface area (Å²) in [7, 11) is 0. The zero-order valence-electron chi connectivity index (χ0n) is 16.4. The molecule has 0 atom stereocenters. The summed E-state index contributed by atoms with van der Waals surface area (Å²) in [5.74, 6) is 4.52. The van der Waals surface area contributed by atoms with Gasteiger partial charge in [0, 0.05) is 10.9 Å². The fourth-order valence-corrected chi connectivity index (χ4v) is 7.09. The van der Waals surface area contributed by atoms with Crippen molar-refractivity contribution in [1.29, 1.82) is 0 Å². The molecule has 3 nitrogen and oxygen atoms in total. The van der Waals surface area contributed by atoms with E-state index in [1.165, 1.54) is 37.7 Å². The fourth-order valence-electron chi connectivity index (χ4n) is 7.09. The van der Waals surface area contributed by atoms with Crippen LogP contribution < -0.4 is 0 Å². The standard InChI is InChI=1S/C26H24N2O/c1-2-7-22-21(6-1)25-26(29-22)24(27-14-28-25)18-5-3-4-17(13-18)23-19-9-15-8-16(11-19)12-20(23)10-15/h1-7,13-16,19-20,23H,8-12H2. The minimum atomic E-state index is 0.732. The predicted molar refractivity (Wildman–Crippen MR) is 115 cm³/mol. The van der Waals surface area contributed by atoms with Crippen LogP contribution in [-0.2, 0) is 0 Å². The molecule has 2 aromatic heterocycles. The van der Waals surface area contributed by atoms with Gasteiger partial charge in [0.05, 0.1) is 0 Å². The topological polar surface area (TPSA) is 38.9 Å². The average molecular weight is 380 g/mol. The second-order valence-electron chi connectivity index (χ2n) is 9.58. The molecule has 144 valence electrons. The molecule has 4 aliphatic carbocycles. The smallest absolute Gasteiger partial charge is 0.180 e. The molecule has 2 heterocycles. The summed E-state index contributed by atoms with van der Waals surface area (Å²) in [4.78, 5) is 9.17. The van der Waals surface area contributed by atoms with Crippen LogP contribution in [0.1, 0.15) is 43.6 Å². The van der Waals surface area contributed by atoms with Crippen LogP contribution in [0, 0.1) is 23.7 Å². The molecule has 4 aromatic rings. The van der Waals surface area contributed by atoms with Crippen molar-refractivity contribution in [1.82, 2.24) is 9.97 Å². The van der Waals surface area contributed by atoms with Crippen molar-refractivity contribution in [3.8, 4) is 11.3 Å². The van der Waals surface area contributed by atoms with Gasteiger partial charge < -0.3 is 4.42 Å². The Bertz CT molecular complexity index is 1210. The molecule has 4 saturated carbocycles. The Morgan fingerprint density at radius 2 is 1.59 bits per heavy atom. The van der Waals surface area contributed by atoms with Gasteiger partial charge in [0.25, 0.3) is 0 Å². The van der Waals surface area contributed by atoms with Crippen molar-refractivity contribution in [3.63, 3.8) is 0 Å². The van der Waals surface area contributed by atoms with Gasteiger partial charge in [0.1, 0.15) is 23.1 Å². The number of hydrogen-bond acceptors (Lipinski definition) is 3. The third kappa shape index (κ3) is 2.36. The van der Waals surface area contributed by atoms with E-state index in [-0.39, 0.29) is 0 Å². The van der Waals surface area contributed by atoms with Gasteiger partial charge in [0.2, 0.25) is 0 Å². The summed E-state index contributed by atoms with van der Waals surface area (Å²) in [6, 6.07) is 17.3. The number of furan rings is 1. The van der Waals surface area contributed by atoms with E-state index in [4.69, 9.17) is 4.42 Å². The van der Waals surface area contributed by atoms with Gasteiger partial charge in [0.15, 0.2) is 5.58 Å². The zero-order valence-corrected chi connectivity index (χ0v) is 16.4. The van der Waals surface area contributed by atoms with Gasteiger partial charge in [-0.05, 0) is 85.5 Å². The first-order valence-corrected chi connectivity index (χ1v) is 11.1. The number of aromatic nitrogens is 2. The van der Waals surface area contributed by atoms with E-state index in [1.807, 2.05) is 18.2 Å². The van der Waals surface area contributed by atoms with E-state index in [9.17, 15) is 0 Å². The highest BCUT2D eigenvalue weighted by molar-refractivity contribution is 6.06. The minimum Gasteiger partial charge on any atom is -0.452 e. The summed E-state index contributed by atoms with van der Waals surface area (Å²) < 4.78 is 6.19. The minimum absolute atomic E-state index is 0.732. The van der Waals surface area contributed by atoms with Crippen molar-refractivity contribution in [2.45, 2.75) is 38.0 Å². The van der Waals surface area contributed by atoms with Crippen molar-refractivity contribution >= 4 is 22.1 Å². The summed E-state index contributed by atoms with van der Waals surface area (Å²) in [5.41, 5.74) is 6.17. The van der Waals surface area contributed by atoms with Gasteiger partial charge in [-0.25, -0.2) is 9.97 Å². The van der Waals surface area contributed by atoms with E-state index >= 15 is 0 Å². The van der Waals surface area contributed by atoms with E-state index < -0.39 is 0 Å². The Kier molecular flexibility index (Phi) is 3.29. The summed E-state index contributed by atoms with van der Waals surface area (Å²) >= 11 is 0. The molecule has 0 N–H and O–H groups in total. The predicted octanol–water partition coefficient (Wildman–Crippen LogP) is 6.58. The summed E-state index contributed by atoms with van der Waals surface area (Å²) in [6.45, 7) is 0. The normalized spacial score (nSPS) is 30.4. The largest absolute Gasteiger partial charge is 0.452 e. The molecule has 0 amide bonds. The Labute approximate surface area is 170 Å². The SMILES string of the molecule is c1cc(-c2ncnc3c2oc2ccccc23)cc(C2C3CC4CC(C3)CC2C4)c1. The molecule has 4 aliphatic rings. The number of nitrogens with zero attached hydrogens (tertiary/aromatic N) is 2. The molecule has 4 bridgehead atoms. The van der Waals surface area contributed by atoms with Crippen LogP contribution in [0.3, 0.4) is 0 Å². The fraction of sp³-hybridized carbons (Fsp3) is 0.385. The van der Waals surface area contributed by atoms with Crippen molar-refractivity contribution < 1.29 is 4.42 Å². The first kappa shape index (κ1) is 16.2. The molecule has 2 aromatic carbocycles. The van der Waals surface area contributed by atoms with Crippen LogP contribution in [-0.4, -0.2) is 9.97 Å². The second-order valence-corrected chi connectivity index (χ2v) is 9.58. The average Bonchev–Trinajstić information content (AvgIpc) is 3.12. The van der Waals surface area contributed by atoms with Crippen LogP contribution in [0.4, 0.5) is 0 Å². The number of benzene rings is 2. The summed E-state index contributed by atoms with van der Waals surface area (Å²) in [6.07, 6.45) is 8.97. The lowest BCUT2D eigenvalue weighted by molar-refractivity contribution is -0.00276. The van der Waals surface area contributed by atoms with Crippen molar-refractivity contribution in [2.24, 2.45) is 23.7 Å². The highest BCUT2D eigenvalue weighted by Gasteiger charge is 2.48. The Morgan fingerprint density at radius 3 is 2.41 bits per heavy atom. The monoisotopic (exact) mass is 380 g/mol. The maximum Gasteiger partial charge on any atom is 0.180 e. The molecular formula is C26H24N2O. The molecular weight excluding hydrogens is 356 g/mol. The van der Waals surface area contributed by atoms with E-state index in [1.54, 1.807) is 6.33 Å². The van der Waals surface area contributed by atoms with Crippen LogP contribution in [0.5, 0.6) is 0 Å². The lowest BCUT2D eigenvalue weighted by Crippen LogP contribution is -2.43. The van der Waals surface area contributed by atoms with Crippen LogP contribution >= 0.6 is 0 Å². The number of fused-ring (bicyclic) bond motifs is 3. The molecule has 8 rings (SSSR count). The van der Waals surface area contributed by atoms with Gasteiger partial charge in [-0.15, -0.1) is 0 Å². The highest BCUT2D eigenvalue weighted by Crippen LogP contribution is 2.59. The molecule has 0 radical (unpaired) electrons. The second kappa shape index (κ2) is 5.91. The lowest BCUT2D eigenvalue weighted by Gasteiger charge is -2.54. The maximum absolute atomic E-state index is 6.19. The van der Waals surface area contributed by atoms with Crippen LogP contribution in [0.15, 0.2) is 59.3 Å². The highest BCUT2D eigenvalue weighted by atomic mass is 16.3. The third-order valence-electron chi connectivity index (χ3n) is 7.93. The van der Waals surface area contributed by atoms with Crippen LogP contribution in [0.2, 0.25) is 0 Å². The molecule has 0 saturated heterocycles. The molecule has 0 unspecified atom stereocenters. The van der Waals surface area contributed by atoms with Gasteiger partial charge >= 0.3 is 0 Å². The quantitative estimate of drug-likeness (QED) is 0.394. The molecule has 29 heavy (non-hydrogen) atoms. The Hall–Kier alpha value is -2.68. The van der Waals surface area contributed by atoms with Crippen molar-refractivity contribution in [2.75, 3.05) is 0 Å². The zero-order chi connectivity index (χ0) is 18.9. The number of rotatable bonds is 2. The van der Waals surface area contributed by atoms with Crippen LogP contribution in [0.25, 0.3) is 33.3 Å². The first-order valence-electron chi connectivity index (χ1n) is 11.1. The van der Waals surface area contributed by atoms with Gasteiger partial charge in [-0.3, -0.25) is 0 Å². The van der Waals surface area contributed by atoms with E-state index in [0.717, 1.165) is 62.9 Å². The maximum atomic E-state index is 6.19. The van der Waals surface area contributed by atoms with Gasteiger partial charge in [-0.1, -0.05) is 30.3 Å².